The maximum absolute atomic E-state index is 13.6. The zero-order valence-electron chi connectivity index (χ0n) is 9.86. The first-order valence-electron chi connectivity index (χ1n) is 5.55. The molecular weight excluding hydrogens is 313 g/mol. The minimum Gasteiger partial charge on any atom is -0.324 e. The molecule has 94 valence electrons. The number of hydrogen-bond donors (Lipinski definition) is 1. The van der Waals surface area contributed by atoms with Gasteiger partial charge in [-0.05, 0) is 42.8 Å². The van der Waals surface area contributed by atoms with E-state index in [-0.39, 0.29) is 11.9 Å². The largest absolute Gasteiger partial charge is 0.324 e. The molecule has 4 heteroatoms. The third-order valence-corrected chi connectivity index (χ3v) is 4.15. The van der Waals surface area contributed by atoms with E-state index in [1.165, 1.54) is 17.8 Å². The van der Waals surface area contributed by atoms with Crippen molar-refractivity contribution >= 4 is 27.7 Å². The number of rotatable bonds is 3. The zero-order valence-corrected chi connectivity index (χ0v) is 12.3. The molecule has 2 aromatic carbocycles. The van der Waals surface area contributed by atoms with Crippen LogP contribution in [0.1, 0.15) is 18.5 Å². The van der Waals surface area contributed by atoms with Gasteiger partial charge in [0.05, 0.1) is 0 Å². The molecule has 0 saturated heterocycles. The molecule has 0 bridgehead atoms. The van der Waals surface area contributed by atoms with Crippen molar-refractivity contribution < 1.29 is 4.39 Å². The summed E-state index contributed by atoms with van der Waals surface area (Å²) < 4.78 is 14.6. The van der Waals surface area contributed by atoms with Crippen LogP contribution < -0.4 is 5.73 Å². The maximum atomic E-state index is 13.6. The van der Waals surface area contributed by atoms with Gasteiger partial charge in [0, 0.05) is 20.3 Å². The number of hydrogen-bond acceptors (Lipinski definition) is 2. The van der Waals surface area contributed by atoms with E-state index in [1.54, 1.807) is 12.1 Å². The lowest BCUT2D eigenvalue weighted by molar-refractivity contribution is 0.602. The van der Waals surface area contributed by atoms with Gasteiger partial charge in [0.1, 0.15) is 5.82 Å². The second-order valence-electron chi connectivity index (χ2n) is 4.00. The quantitative estimate of drug-likeness (QED) is 0.880. The SMILES string of the molecule is CC(N)c1cc(Br)ccc1Sc1ccccc1F. The van der Waals surface area contributed by atoms with Crippen molar-refractivity contribution in [1.29, 1.82) is 0 Å². The fraction of sp³-hybridized carbons (Fsp3) is 0.143. The van der Waals surface area contributed by atoms with E-state index < -0.39 is 0 Å². The van der Waals surface area contributed by atoms with Crippen molar-refractivity contribution in [3.8, 4) is 0 Å². The first-order chi connectivity index (χ1) is 8.58. The highest BCUT2D eigenvalue weighted by Crippen LogP contribution is 2.35. The molecule has 2 rings (SSSR count). The van der Waals surface area contributed by atoms with Gasteiger partial charge in [-0.1, -0.05) is 39.8 Å². The summed E-state index contributed by atoms with van der Waals surface area (Å²) in [6.45, 7) is 1.92. The van der Waals surface area contributed by atoms with E-state index in [4.69, 9.17) is 5.73 Å². The molecule has 0 saturated carbocycles. The maximum Gasteiger partial charge on any atom is 0.137 e. The summed E-state index contributed by atoms with van der Waals surface area (Å²) in [6, 6.07) is 12.5. The summed E-state index contributed by atoms with van der Waals surface area (Å²) in [5, 5.41) is 0. The van der Waals surface area contributed by atoms with Gasteiger partial charge < -0.3 is 5.73 Å². The van der Waals surface area contributed by atoms with Crippen molar-refractivity contribution in [2.24, 2.45) is 5.73 Å². The molecule has 0 aliphatic heterocycles. The highest BCUT2D eigenvalue weighted by Gasteiger charge is 2.11. The average Bonchev–Trinajstić information content (AvgIpc) is 2.34. The Labute approximate surface area is 119 Å². The lowest BCUT2D eigenvalue weighted by atomic mass is 10.1. The summed E-state index contributed by atoms with van der Waals surface area (Å²) in [7, 11) is 0. The van der Waals surface area contributed by atoms with Crippen LogP contribution in [0.4, 0.5) is 4.39 Å². The molecule has 0 aliphatic carbocycles. The van der Waals surface area contributed by atoms with Crippen LogP contribution in [0, 0.1) is 5.82 Å². The molecule has 2 aromatic rings. The molecule has 0 spiro atoms. The van der Waals surface area contributed by atoms with Crippen LogP contribution in [0.5, 0.6) is 0 Å². The minimum absolute atomic E-state index is 0.0863. The van der Waals surface area contributed by atoms with Crippen molar-refractivity contribution in [2.75, 3.05) is 0 Å². The van der Waals surface area contributed by atoms with Gasteiger partial charge in [-0.2, -0.15) is 0 Å². The molecule has 18 heavy (non-hydrogen) atoms. The Balaban J connectivity index is 2.37. The Kier molecular flexibility index (Phi) is 4.43. The van der Waals surface area contributed by atoms with Gasteiger partial charge >= 0.3 is 0 Å². The van der Waals surface area contributed by atoms with Crippen LogP contribution in [0.2, 0.25) is 0 Å². The van der Waals surface area contributed by atoms with Crippen LogP contribution >= 0.6 is 27.7 Å². The molecule has 1 unspecified atom stereocenters. The molecule has 2 N–H and O–H groups in total. The summed E-state index contributed by atoms with van der Waals surface area (Å²) in [5.41, 5.74) is 6.96. The summed E-state index contributed by atoms with van der Waals surface area (Å²) in [6.07, 6.45) is 0. The van der Waals surface area contributed by atoms with Crippen LogP contribution in [-0.4, -0.2) is 0 Å². The van der Waals surface area contributed by atoms with Gasteiger partial charge in [0.25, 0.3) is 0 Å². The zero-order chi connectivity index (χ0) is 13.1. The second-order valence-corrected chi connectivity index (χ2v) is 6.00. The van der Waals surface area contributed by atoms with E-state index in [1.807, 2.05) is 31.2 Å². The van der Waals surface area contributed by atoms with E-state index in [2.05, 4.69) is 15.9 Å². The monoisotopic (exact) mass is 325 g/mol. The van der Waals surface area contributed by atoms with Crippen molar-refractivity contribution in [3.63, 3.8) is 0 Å². The molecule has 0 amide bonds. The van der Waals surface area contributed by atoms with Crippen LogP contribution in [0.25, 0.3) is 0 Å². The molecule has 0 radical (unpaired) electrons. The average molecular weight is 326 g/mol. The number of benzene rings is 2. The molecule has 0 fully saturated rings. The smallest absolute Gasteiger partial charge is 0.137 e. The van der Waals surface area contributed by atoms with E-state index >= 15 is 0 Å². The highest BCUT2D eigenvalue weighted by atomic mass is 79.9. The van der Waals surface area contributed by atoms with Crippen molar-refractivity contribution in [3.05, 3.63) is 58.3 Å². The molecule has 1 nitrogen and oxygen atoms in total. The van der Waals surface area contributed by atoms with Crippen LogP contribution in [0.15, 0.2) is 56.7 Å². The van der Waals surface area contributed by atoms with Crippen LogP contribution in [-0.2, 0) is 0 Å². The lowest BCUT2D eigenvalue weighted by Crippen LogP contribution is -2.06. The Hall–Kier alpha value is -0.840. The summed E-state index contributed by atoms with van der Waals surface area (Å²) >= 11 is 4.83. The third kappa shape index (κ3) is 3.13. The number of halogens is 2. The van der Waals surface area contributed by atoms with Gasteiger partial charge in [0.2, 0.25) is 0 Å². The second kappa shape index (κ2) is 5.87. The first kappa shape index (κ1) is 13.6. The van der Waals surface area contributed by atoms with E-state index in [0.29, 0.717) is 4.90 Å². The minimum atomic E-state index is -0.207. The Bertz CT molecular complexity index is 557. The van der Waals surface area contributed by atoms with Crippen LogP contribution in [0.3, 0.4) is 0 Å². The van der Waals surface area contributed by atoms with Gasteiger partial charge in [-0.3, -0.25) is 0 Å². The Morgan fingerprint density at radius 2 is 1.89 bits per heavy atom. The van der Waals surface area contributed by atoms with Crippen molar-refractivity contribution in [1.82, 2.24) is 0 Å². The standard InChI is InChI=1S/C14H13BrFNS/c1-9(17)11-8-10(15)6-7-13(11)18-14-5-3-2-4-12(14)16/h2-9H,17H2,1H3. The fourth-order valence-electron chi connectivity index (χ4n) is 1.61. The molecular formula is C14H13BrFNS. The normalized spacial score (nSPS) is 12.4. The number of nitrogens with two attached hydrogens (primary N) is 1. The predicted molar refractivity (Wildman–Crippen MR) is 77.3 cm³/mol. The van der Waals surface area contributed by atoms with Crippen molar-refractivity contribution in [2.45, 2.75) is 22.8 Å². The summed E-state index contributed by atoms with van der Waals surface area (Å²) in [4.78, 5) is 1.60. The van der Waals surface area contributed by atoms with E-state index in [9.17, 15) is 4.39 Å². The van der Waals surface area contributed by atoms with Gasteiger partial charge in [0.15, 0.2) is 0 Å². The topological polar surface area (TPSA) is 26.0 Å². The van der Waals surface area contributed by atoms with Gasteiger partial charge in [-0.25, -0.2) is 4.39 Å². The highest BCUT2D eigenvalue weighted by molar-refractivity contribution is 9.10. The van der Waals surface area contributed by atoms with Gasteiger partial charge in [-0.15, -0.1) is 0 Å². The first-order valence-corrected chi connectivity index (χ1v) is 7.16. The predicted octanol–water partition coefficient (Wildman–Crippen LogP) is 4.76. The molecule has 0 aromatic heterocycles. The Morgan fingerprint density at radius 3 is 2.56 bits per heavy atom. The molecule has 0 heterocycles. The fourth-order valence-corrected chi connectivity index (χ4v) is 3.04. The lowest BCUT2D eigenvalue weighted by Gasteiger charge is -2.13. The molecule has 0 aliphatic rings. The van der Waals surface area contributed by atoms with E-state index in [0.717, 1.165) is 14.9 Å². The third-order valence-electron chi connectivity index (χ3n) is 2.52. The Morgan fingerprint density at radius 1 is 1.17 bits per heavy atom. The molecule has 1 atom stereocenters. The summed E-state index contributed by atoms with van der Waals surface area (Å²) in [5.74, 6) is -0.207.